The van der Waals surface area contributed by atoms with Crippen molar-refractivity contribution in [3.8, 4) is 0 Å². The summed E-state index contributed by atoms with van der Waals surface area (Å²) >= 11 is 0. The van der Waals surface area contributed by atoms with Gasteiger partial charge in [-0.15, -0.1) is 0 Å². The average Bonchev–Trinajstić information content (AvgIpc) is 2.58. The number of rotatable bonds is 8. The fourth-order valence-electron chi connectivity index (χ4n) is 1.95. The summed E-state index contributed by atoms with van der Waals surface area (Å²) in [5.74, 6) is -0.459. The molecule has 120 valence electrons. The van der Waals surface area contributed by atoms with Crippen LogP contribution in [0.3, 0.4) is 0 Å². The molecule has 0 heterocycles. The van der Waals surface area contributed by atoms with Crippen LogP contribution in [0.2, 0.25) is 0 Å². The Hall–Kier alpha value is -2.46. The van der Waals surface area contributed by atoms with Crippen molar-refractivity contribution >= 4 is 12.0 Å². The summed E-state index contributed by atoms with van der Waals surface area (Å²) in [4.78, 5) is 11.6. The van der Waals surface area contributed by atoms with Crippen LogP contribution < -0.4 is 5.32 Å². The second-order valence-electron chi connectivity index (χ2n) is 5.07. The molecule has 3 nitrogen and oxygen atoms in total. The molecular formula is C19H20FNO2. The standard InChI is InChI=1S/C19H20FNO2/c20-18-10-7-16(8-11-18)9-12-19(22)21-13-4-14-23-15-17-5-2-1-3-6-17/h1-3,5-12H,4,13-15H2,(H,21,22)/b12-9+. The summed E-state index contributed by atoms with van der Waals surface area (Å²) in [6, 6.07) is 15.9. The van der Waals surface area contributed by atoms with Crippen molar-refractivity contribution in [3.63, 3.8) is 0 Å². The summed E-state index contributed by atoms with van der Waals surface area (Å²) in [6.45, 7) is 1.73. The Kier molecular flexibility index (Phi) is 7.01. The lowest BCUT2D eigenvalue weighted by molar-refractivity contribution is -0.116. The number of carbonyl (C=O) groups is 1. The molecule has 0 aromatic heterocycles. The van der Waals surface area contributed by atoms with Crippen LogP contribution in [-0.2, 0) is 16.1 Å². The Balaban J connectivity index is 1.57. The number of hydrogen-bond acceptors (Lipinski definition) is 2. The van der Waals surface area contributed by atoms with Gasteiger partial charge in [0.05, 0.1) is 6.61 Å². The van der Waals surface area contributed by atoms with E-state index in [0.29, 0.717) is 19.8 Å². The Labute approximate surface area is 135 Å². The number of halogens is 1. The van der Waals surface area contributed by atoms with Gasteiger partial charge in [0, 0.05) is 19.2 Å². The number of benzene rings is 2. The topological polar surface area (TPSA) is 38.3 Å². The normalized spacial score (nSPS) is 10.8. The van der Waals surface area contributed by atoms with E-state index in [4.69, 9.17) is 4.74 Å². The van der Waals surface area contributed by atoms with Gasteiger partial charge in [0.25, 0.3) is 0 Å². The van der Waals surface area contributed by atoms with E-state index in [9.17, 15) is 9.18 Å². The van der Waals surface area contributed by atoms with Crippen LogP contribution in [-0.4, -0.2) is 19.1 Å². The maximum absolute atomic E-state index is 12.7. The quantitative estimate of drug-likeness (QED) is 0.598. The molecular weight excluding hydrogens is 293 g/mol. The van der Waals surface area contributed by atoms with Gasteiger partial charge < -0.3 is 10.1 Å². The molecule has 4 heteroatoms. The highest BCUT2D eigenvalue weighted by Crippen LogP contribution is 2.04. The van der Waals surface area contributed by atoms with Crippen molar-refractivity contribution in [1.82, 2.24) is 5.32 Å². The summed E-state index contributed by atoms with van der Waals surface area (Å²) in [5.41, 5.74) is 1.92. The predicted octanol–water partition coefficient (Wildman–Crippen LogP) is 3.56. The molecule has 0 aliphatic heterocycles. The molecule has 0 unspecified atom stereocenters. The molecule has 1 amide bonds. The van der Waals surface area contributed by atoms with E-state index in [2.05, 4.69) is 5.32 Å². The first-order valence-electron chi connectivity index (χ1n) is 7.57. The van der Waals surface area contributed by atoms with Crippen LogP contribution in [0.4, 0.5) is 4.39 Å². The molecule has 0 bridgehead atoms. The third kappa shape index (κ3) is 6.89. The molecule has 0 aliphatic carbocycles. The number of amides is 1. The molecule has 0 aliphatic rings. The molecule has 2 rings (SSSR count). The Morgan fingerprint density at radius 1 is 1.09 bits per heavy atom. The van der Waals surface area contributed by atoms with Gasteiger partial charge in [-0.1, -0.05) is 42.5 Å². The van der Waals surface area contributed by atoms with Gasteiger partial charge in [-0.2, -0.15) is 0 Å². The lowest BCUT2D eigenvalue weighted by Crippen LogP contribution is -2.23. The van der Waals surface area contributed by atoms with Crippen LogP contribution >= 0.6 is 0 Å². The van der Waals surface area contributed by atoms with E-state index in [0.717, 1.165) is 17.5 Å². The smallest absolute Gasteiger partial charge is 0.244 e. The van der Waals surface area contributed by atoms with E-state index in [1.165, 1.54) is 18.2 Å². The van der Waals surface area contributed by atoms with E-state index in [1.807, 2.05) is 30.3 Å². The Morgan fingerprint density at radius 2 is 1.83 bits per heavy atom. The van der Waals surface area contributed by atoms with Crippen molar-refractivity contribution in [3.05, 3.63) is 77.6 Å². The van der Waals surface area contributed by atoms with E-state index < -0.39 is 0 Å². The Bertz CT molecular complexity index is 624. The van der Waals surface area contributed by atoms with Gasteiger partial charge in [0.2, 0.25) is 5.91 Å². The fourth-order valence-corrected chi connectivity index (χ4v) is 1.95. The SMILES string of the molecule is O=C(/C=C/c1ccc(F)cc1)NCCCOCc1ccccc1. The first-order chi connectivity index (χ1) is 11.2. The minimum absolute atomic E-state index is 0.169. The van der Waals surface area contributed by atoms with Crippen molar-refractivity contribution < 1.29 is 13.9 Å². The molecule has 23 heavy (non-hydrogen) atoms. The monoisotopic (exact) mass is 313 g/mol. The van der Waals surface area contributed by atoms with Gasteiger partial charge in [0.1, 0.15) is 5.82 Å². The highest BCUT2D eigenvalue weighted by Gasteiger charge is 1.96. The summed E-state index contributed by atoms with van der Waals surface area (Å²) in [6.07, 6.45) is 3.85. The largest absolute Gasteiger partial charge is 0.377 e. The average molecular weight is 313 g/mol. The lowest BCUT2D eigenvalue weighted by Gasteiger charge is -2.05. The van der Waals surface area contributed by atoms with Gasteiger partial charge in [0.15, 0.2) is 0 Å². The molecule has 0 spiro atoms. The maximum Gasteiger partial charge on any atom is 0.244 e. The zero-order valence-corrected chi connectivity index (χ0v) is 12.9. The molecule has 0 atom stereocenters. The zero-order chi connectivity index (χ0) is 16.3. The molecule has 0 fully saturated rings. The molecule has 2 aromatic carbocycles. The van der Waals surface area contributed by atoms with Gasteiger partial charge in [-0.3, -0.25) is 4.79 Å². The first-order valence-corrected chi connectivity index (χ1v) is 7.57. The number of nitrogens with one attached hydrogen (secondary N) is 1. The van der Waals surface area contributed by atoms with Crippen LogP contribution in [0.5, 0.6) is 0 Å². The van der Waals surface area contributed by atoms with Gasteiger partial charge >= 0.3 is 0 Å². The molecule has 0 saturated heterocycles. The maximum atomic E-state index is 12.7. The molecule has 1 N–H and O–H groups in total. The van der Waals surface area contributed by atoms with Crippen LogP contribution in [0.1, 0.15) is 17.5 Å². The highest BCUT2D eigenvalue weighted by atomic mass is 19.1. The van der Waals surface area contributed by atoms with Crippen molar-refractivity contribution in [2.24, 2.45) is 0 Å². The summed E-state index contributed by atoms with van der Waals surface area (Å²) < 4.78 is 18.3. The van der Waals surface area contributed by atoms with Crippen molar-refractivity contribution in [2.75, 3.05) is 13.2 Å². The van der Waals surface area contributed by atoms with Gasteiger partial charge in [-0.25, -0.2) is 4.39 Å². The first kappa shape index (κ1) is 16.9. The second-order valence-corrected chi connectivity index (χ2v) is 5.07. The second kappa shape index (κ2) is 9.54. The number of ether oxygens (including phenoxy) is 1. The van der Waals surface area contributed by atoms with Crippen molar-refractivity contribution in [1.29, 1.82) is 0 Å². The minimum atomic E-state index is -0.290. The van der Waals surface area contributed by atoms with Crippen LogP contribution in [0, 0.1) is 5.82 Å². The molecule has 0 saturated carbocycles. The molecule has 0 radical (unpaired) electrons. The minimum Gasteiger partial charge on any atom is -0.377 e. The zero-order valence-electron chi connectivity index (χ0n) is 12.9. The lowest BCUT2D eigenvalue weighted by atomic mass is 10.2. The van der Waals surface area contributed by atoms with Crippen molar-refractivity contribution in [2.45, 2.75) is 13.0 Å². The van der Waals surface area contributed by atoms with Crippen LogP contribution in [0.15, 0.2) is 60.7 Å². The third-order valence-electron chi connectivity index (χ3n) is 3.17. The van der Waals surface area contributed by atoms with Crippen LogP contribution in [0.25, 0.3) is 6.08 Å². The fraction of sp³-hybridized carbons (Fsp3) is 0.211. The van der Waals surface area contributed by atoms with Gasteiger partial charge in [-0.05, 0) is 35.8 Å². The highest BCUT2D eigenvalue weighted by molar-refractivity contribution is 5.91. The van der Waals surface area contributed by atoms with E-state index in [-0.39, 0.29) is 11.7 Å². The number of hydrogen-bond donors (Lipinski definition) is 1. The van der Waals surface area contributed by atoms with E-state index >= 15 is 0 Å². The summed E-state index contributed by atoms with van der Waals surface area (Å²) in [7, 11) is 0. The van der Waals surface area contributed by atoms with E-state index in [1.54, 1.807) is 18.2 Å². The predicted molar refractivity (Wildman–Crippen MR) is 89.2 cm³/mol. The summed E-state index contributed by atoms with van der Waals surface area (Å²) in [5, 5.41) is 2.78. The molecule has 2 aromatic rings. The third-order valence-corrected chi connectivity index (χ3v) is 3.17. The Morgan fingerprint density at radius 3 is 2.57 bits per heavy atom. The number of carbonyl (C=O) groups excluding carboxylic acids is 1.